The summed E-state index contributed by atoms with van der Waals surface area (Å²) in [6.45, 7) is 2.23. The molecule has 1 aliphatic rings. The van der Waals surface area contributed by atoms with Crippen LogP contribution in [-0.4, -0.2) is 42.0 Å². The molecule has 0 amide bonds. The van der Waals surface area contributed by atoms with Crippen LogP contribution in [0.1, 0.15) is 19.8 Å². The van der Waals surface area contributed by atoms with Gasteiger partial charge in [0.05, 0.1) is 12.6 Å². The van der Waals surface area contributed by atoms with Gasteiger partial charge in [-0.2, -0.15) is 4.31 Å². The number of rotatable bonds is 3. The van der Waals surface area contributed by atoms with E-state index in [0.29, 0.717) is 6.54 Å². The molecule has 1 aliphatic heterocycles. The van der Waals surface area contributed by atoms with Crippen LogP contribution < -0.4 is 0 Å². The zero-order valence-electron chi connectivity index (χ0n) is 10.7. The Kier molecular flexibility index (Phi) is 4.45. The van der Waals surface area contributed by atoms with Gasteiger partial charge in [0.15, 0.2) is 0 Å². The quantitative estimate of drug-likeness (QED) is 0.860. The summed E-state index contributed by atoms with van der Waals surface area (Å²) in [6, 6.07) is 2.53. The average molecular weight is 305 g/mol. The lowest BCUT2D eigenvalue weighted by atomic mass is 9.93. The number of sulfonamides is 1. The predicted octanol–water partition coefficient (Wildman–Crippen LogP) is 1.52. The highest BCUT2D eigenvalue weighted by Gasteiger charge is 2.36. The summed E-state index contributed by atoms with van der Waals surface area (Å²) < 4.78 is 26.5. The molecule has 0 aromatic carbocycles. The molecule has 5 nitrogen and oxygen atoms in total. The topological polar surface area (TPSA) is 70.5 Å². The summed E-state index contributed by atoms with van der Waals surface area (Å²) in [4.78, 5) is 3.92. The number of pyridine rings is 1. The van der Waals surface area contributed by atoms with E-state index < -0.39 is 10.0 Å². The van der Waals surface area contributed by atoms with Gasteiger partial charge in [-0.15, -0.1) is 0 Å². The number of hydrogen-bond donors (Lipinski definition) is 1. The van der Waals surface area contributed by atoms with Crippen LogP contribution in [-0.2, 0) is 10.0 Å². The molecule has 19 heavy (non-hydrogen) atoms. The highest BCUT2D eigenvalue weighted by atomic mass is 35.5. The lowest BCUT2D eigenvalue weighted by Gasteiger charge is -2.37. The van der Waals surface area contributed by atoms with Crippen LogP contribution in [0, 0.1) is 5.92 Å². The standard InChI is InChI=1S/C12H17ClN2O3S/c1-9-3-2-6-15(11(9)8-16)19(17,18)10-4-5-12(13)14-7-10/h4-5,7,9,11,16H,2-3,6,8H2,1H3/t9-,11-/m1/s1. The number of hydrogen-bond acceptors (Lipinski definition) is 4. The summed E-state index contributed by atoms with van der Waals surface area (Å²) in [5.41, 5.74) is 0. The SMILES string of the molecule is C[C@@H]1CCCN(S(=O)(=O)c2ccc(Cl)nc2)[C@@H]1CO. The number of aliphatic hydroxyl groups is 1. The average Bonchev–Trinajstić information content (AvgIpc) is 2.39. The molecule has 1 saturated heterocycles. The summed E-state index contributed by atoms with van der Waals surface area (Å²) in [5, 5.41) is 9.70. The highest BCUT2D eigenvalue weighted by Crippen LogP contribution is 2.28. The van der Waals surface area contributed by atoms with E-state index in [1.807, 2.05) is 6.92 Å². The van der Waals surface area contributed by atoms with Crippen LogP contribution >= 0.6 is 11.6 Å². The second kappa shape index (κ2) is 5.75. The number of aliphatic hydroxyl groups excluding tert-OH is 1. The molecule has 1 aromatic heterocycles. The maximum absolute atomic E-state index is 12.5. The minimum atomic E-state index is -3.62. The molecule has 2 heterocycles. The smallest absolute Gasteiger partial charge is 0.244 e. The van der Waals surface area contributed by atoms with Crippen LogP contribution in [0.3, 0.4) is 0 Å². The van der Waals surface area contributed by atoms with Crippen LogP contribution in [0.5, 0.6) is 0 Å². The number of piperidine rings is 1. The van der Waals surface area contributed by atoms with E-state index in [1.165, 1.54) is 22.6 Å². The second-order valence-corrected chi connectivity index (χ2v) is 7.08. The van der Waals surface area contributed by atoms with Crippen molar-refractivity contribution in [2.24, 2.45) is 5.92 Å². The molecule has 0 aliphatic carbocycles. The Morgan fingerprint density at radius 2 is 2.26 bits per heavy atom. The van der Waals surface area contributed by atoms with Gasteiger partial charge >= 0.3 is 0 Å². The maximum Gasteiger partial charge on any atom is 0.244 e. The molecule has 106 valence electrons. The third-order valence-corrected chi connectivity index (χ3v) is 5.69. The molecule has 2 atom stereocenters. The zero-order valence-corrected chi connectivity index (χ0v) is 12.2. The minimum Gasteiger partial charge on any atom is -0.395 e. The molecule has 1 N–H and O–H groups in total. The number of halogens is 1. The van der Waals surface area contributed by atoms with Crippen molar-refractivity contribution in [2.75, 3.05) is 13.2 Å². The van der Waals surface area contributed by atoms with E-state index in [1.54, 1.807) is 0 Å². The fraction of sp³-hybridized carbons (Fsp3) is 0.583. The second-order valence-electron chi connectivity index (χ2n) is 4.80. The molecular weight excluding hydrogens is 288 g/mol. The van der Waals surface area contributed by atoms with E-state index in [9.17, 15) is 13.5 Å². The fourth-order valence-corrected chi connectivity index (χ4v) is 4.24. The summed E-state index contributed by atoms with van der Waals surface area (Å²) in [6.07, 6.45) is 2.99. The third-order valence-electron chi connectivity index (χ3n) is 3.56. The lowest BCUT2D eigenvalue weighted by Crippen LogP contribution is -2.49. The first-order valence-corrected chi connectivity index (χ1v) is 8.03. The van der Waals surface area contributed by atoms with Crippen molar-refractivity contribution in [3.8, 4) is 0 Å². The van der Waals surface area contributed by atoms with Crippen LogP contribution in [0.2, 0.25) is 5.15 Å². The van der Waals surface area contributed by atoms with Crippen LogP contribution in [0.25, 0.3) is 0 Å². The van der Waals surface area contributed by atoms with Gasteiger partial charge in [-0.05, 0) is 30.9 Å². The van der Waals surface area contributed by atoms with Gasteiger partial charge in [0.2, 0.25) is 10.0 Å². The molecule has 2 rings (SSSR count). The largest absolute Gasteiger partial charge is 0.395 e. The van der Waals surface area contributed by atoms with Gasteiger partial charge < -0.3 is 5.11 Å². The van der Waals surface area contributed by atoms with Gasteiger partial charge in [-0.25, -0.2) is 13.4 Å². The Bertz CT molecular complexity index is 532. The van der Waals surface area contributed by atoms with Crippen molar-refractivity contribution in [1.82, 2.24) is 9.29 Å². The van der Waals surface area contributed by atoms with Gasteiger partial charge in [-0.3, -0.25) is 0 Å². The molecule has 0 saturated carbocycles. The maximum atomic E-state index is 12.5. The summed E-state index contributed by atoms with van der Waals surface area (Å²) >= 11 is 5.67. The fourth-order valence-electron chi connectivity index (χ4n) is 2.43. The van der Waals surface area contributed by atoms with Crippen molar-refractivity contribution in [3.05, 3.63) is 23.5 Å². The Morgan fingerprint density at radius 1 is 1.53 bits per heavy atom. The Balaban J connectivity index is 2.35. The zero-order chi connectivity index (χ0) is 14.0. The Morgan fingerprint density at radius 3 is 2.84 bits per heavy atom. The van der Waals surface area contributed by atoms with Crippen LogP contribution in [0.4, 0.5) is 0 Å². The predicted molar refractivity (Wildman–Crippen MR) is 72.4 cm³/mol. The van der Waals surface area contributed by atoms with Gasteiger partial charge in [0.1, 0.15) is 10.0 Å². The van der Waals surface area contributed by atoms with E-state index >= 15 is 0 Å². The van der Waals surface area contributed by atoms with Crippen molar-refractivity contribution < 1.29 is 13.5 Å². The van der Waals surface area contributed by atoms with E-state index in [-0.39, 0.29) is 28.6 Å². The molecule has 7 heteroatoms. The van der Waals surface area contributed by atoms with E-state index in [0.717, 1.165) is 12.8 Å². The van der Waals surface area contributed by atoms with E-state index in [4.69, 9.17) is 11.6 Å². The molecule has 0 bridgehead atoms. The summed E-state index contributed by atoms with van der Waals surface area (Å²) in [7, 11) is -3.62. The molecular formula is C12H17ClN2O3S. The van der Waals surface area contributed by atoms with Crippen molar-refractivity contribution in [1.29, 1.82) is 0 Å². The number of nitrogens with zero attached hydrogens (tertiary/aromatic N) is 2. The lowest BCUT2D eigenvalue weighted by molar-refractivity contribution is 0.113. The minimum absolute atomic E-state index is 0.115. The summed E-state index contributed by atoms with van der Waals surface area (Å²) in [5.74, 6) is 0.147. The van der Waals surface area contributed by atoms with Gasteiger partial charge in [0.25, 0.3) is 0 Å². The van der Waals surface area contributed by atoms with E-state index in [2.05, 4.69) is 4.98 Å². The first-order valence-electron chi connectivity index (χ1n) is 6.21. The van der Waals surface area contributed by atoms with Crippen molar-refractivity contribution in [2.45, 2.75) is 30.7 Å². The monoisotopic (exact) mass is 304 g/mol. The molecule has 0 radical (unpaired) electrons. The number of aromatic nitrogens is 1. The Labute approximate surface area is 118 Å². The van der Waals surface area contributed by atoms with Crippen molar-refractivity contribution >= 4 is 21.6 Å². The van der Waals surface area contributed by atoms with Gasteiger partial charge in [0, 0.05) is 12.7 Å². The molecule has 1 aromatic rings. The first kappa shape index (κ1) is 14.7. The van der Waals surface area contributed by atoms with Crippen molar-refractivity contribution in [3.63, 3.8) is 0 Å². The Hall–Kier alpha value is -0.690. The molecule has 0 spiro atoms. The van der Waals surface area contributed by atoms with Gasteiger partial charge in [-0.1, -0.05) is 18.5 Å². The molecule has 0 unspecified atom stereocenters. The first-order chi connectivity index (χ1) is 8.96. The highest BCUT2D eigenvalue weighted by molar-refractivity contribution is 7.89. The molecule has 1 fully saturated rings. The van der Waals surface area contributed by atoms with Crippen LogP contribution in [0.15, 0.2) is 23.2 Å². The normalized spacial score (nSPS) is 25.4. The third kappa shape index (κ3) is 2.91.